The minimum absolute atomic E-state index is 0.542. The van der Waals surface area contributed by atoms with E-state index >= 15 is 0 Å². The molecule has 18 heavy (non-hydrogen) atoms. The number of nitrogens with one attached hydrogen (secondary N) is 1. The lowest BCUT2D eigenvalue weighted by Gasteiger charge is -2.21. The largest absolute Gasteiger partial charge is 0.330 e. The normalized spacial score (nSPS) is 22.1. The summed E-state index contributed by atoms with van der Waals surface area (Å²) in [7, 11) is 0. The topological polar surface area (TPSA) is 29.9 Å². The van der Waals surface area contributed by atoms with E-state index in [1.54, 1.807) is 0 Å². The van der Waals surface area contributed by atoms with Gasteiger partial charge in [0.05, 0.1) is 12.0 Å². The number of aryl methyl sites for hydroxylation is 1. The van der Waals surface area contributed by atoms with Crippen LogP contribution in [0.25, 0.3) is 0 Å². The number of fused-ring (bicyclic) bond motifs is 1. The Hall–Kier alpha value is -0.830. The van der Waals surface area contributed by atoms with Crippen molar-refractivity contribution in [3.05, 3.63) is 17.7 Å². The van der Waals surface area contributed by atoms with Gasteiger partial charge in [0.1, 0.15) is 0 Å². The van der Waals surface area contributed by atoms with Crippen molar-refractivity contribution in [2.24, 2.45) is 0 Å². The van der Waals surface area contributed by atoms with Gasteiger partial charge < -0.3 is 9.88 Å². The average molecular weight is 247 g/mol. The zero-order valence-electron chi connectivity index (χ0n) is 11.5. The molecule has 0 saturated heterocycles. The Labute approximate surface area is 110 Å². The van der Waals surface area contributed by atoms with Gasteiger partial charge in [-0.1, -0.05) is 12.8 Å². The van der Waals surface area contributed by atoms with Gasteiger partial charge in [-0.25, -0.2) is 4.98 Å². The molecule has 2 aliphatic carbocycles. The number of hydrogen-bond acceptors (Lipinski definition) is 2. The molecule has 0 amide bonds. The van der Waals surface area contributed by atoms with Gasteiger partial charge in [-0.05, 0) is 45.4 Å². The fourth-order valence-corrected chi connectivity index (χ4v) is 3.44. The molecule has 1 N–H and O–H groups in total. The van der Waals surface area contributed by atoms with Gasteiger partial charge in [-0.2, -0.15) is 0 Å². The fraction of sp³-hybridized carbons (Fsp3) is 0.800. The summed E-state index contributed by atoms with van der Waals surface area (Å²) in [5.41, 5.74) is 2.86. The molecule has 1 fully saturated rings. The predicted molar refractivity (Wildman–Crippen MR) is 73.8 cm³/mol. The van der Waals surface area contributed by atoms with E-state index in [9.17, 15) is 0 Å². The van der Waals surface area contributed by atoms with Crippen molar-refractivity contribution in [2.75, 3.05) is 6.54 Å². The van der Waals surface area contributed by atoms with Crippen LogP contribution >= 0.6 is 0 Å². The van der Waals surface area contributed by atoms with Crippen molar-refractivity contribution < 1.29 is 0 Å². The molecule has 3 rings (SSSR count). The number of aromatic nitrogens is 2. The van der Waals surface area contributed by atoms with E-state index in [4.69, 9.17) is 0 Å². The second kappa shape index (κ2) is 5.43. The Bertz CT molecular complexity index is 390. The molecule has 0 spiro atoms. The molecular formula is C15H25N3. The third kappa shape index (κ3) is 2.46. The first-order chi connectivity index (χ1) is 8.84. The van der Waals surface area contributed by atoms with Crippen molar-refractivity contribution in [2.45, 2.75) is 70.4 Å². The lowest BCUT2D eigenvalue weighted by atomic mass is 10.0. The molecule has 1 heterocycles. The Morgan fingerprint density at radius 2 is 2.06 bits per heavy atom. The smallest absolute Gasteiger partial charge is 0.0954 e. The van der Waals surface area contributed by atoms with Crippen LogP contribution in [-0.2, 0) is 12.8 Å². The summed E-state index contributed by atoms with van der Waals surface area (Å²) in [6.45, 7) is 3.41. The molecule has 3 heteroatoms. The third-order valence-electron chi connectivity index (χ3n) is 4.59. The molecule has 0 aliphatic heterocycles. The summed E-state index contributed by atoms with van der Waals surface area (Å²) in [5.74, 6) is 0. The molecule has 100 valence electrons. The molecule has 1 aromatic rings. The van der Waals surface area contributed by atoms with Gasteiger partial charge in [-0.3, -0.25) is 0 Å². The van der Waals surface area contributed by atoms with Gasteiger partial charge in [-0.15, -0.1) is 0 Å². The monoisotopic (exact) mass is 247 g/mol. The lowest BCUT2D eigenvalue weighted by Crippen LogP contribution is -2.31. The third-order valence-corrected chi connectivity index (χ3v) is 4.59. The lowest BCUT2D eigenvalue weighted by molar-refractivity contribution is 0.429. The minimum atomic E-state index is 0.542. The summed E-state index contributed by atoms with van der Waals surface area (Å²) in [6, 6.07) is 1.31. The van der Waals surface area contributed by atoms with Crippen LogP contribution in [0.5, 0.6) is 0 Å². The van der Waals surface area contributed by atoms with E-state index in [0.29, 0.717) is 6.04 Å². The molecule has 1 atom stereocenters. The van der Waals surface area contributed by atoms with Crippen LogP contribution in [0.1, 0.15) is 62.9 Å². The van der Waals surface area contributed by atoms with Crippen LogP contribution in [0.4, 0.5) is 0 Å². The summed E-state index contributed by atoms with van der Waals surface area (Å²) < 4.78 is 2.41. The first-order valence-corrected chi connectivity index (χ1v) is 7.62. The molecule has 1 unspecified atom stereocenters. The Morgan fingerprint density at radius 3 is 2.89 bits per heavy atom. The van der Waals surface area contributed by atoms with E-state index < -0.39 is 0 Å². The maximum atomic E-state index is 4.59. The molecule has 0 aromatic carbocycles. The van der Waals surface area contributed by atoms with Gasteiger partial charge in [0, 0.05) is 24.3 Å². The number of rotatable bonds is 4. The first kappa shape index (κ1) is 12.2. The predicted octanol–water partition coefficient (Wildman–Crippen LogP) is 2.86. The summed E-state index contributed by atoms with van der Waals surface area (Å²) in [5, 5.41) is 3.73. The van der Waals surface area contributed by atoms with Crippen molar-refractivity contribution in [1.29, 1.82) is 0 Å². The van der Waals surface area contributed by atoms with Crippen LogP contribution in [0.3, 0.4) is 0 Å². The van der Waals surface area contributed by atoms with Crippen LogP contribution in [0.15, 0.2) is 6.33 Å². The molecular weight excluding hydrogens is 222 g/mol. The molecule has 2 aliphatic rings. The summed E-state index contributed by atoms with van der Waals surface area (Å²) >= 11 is 0. The summed E-state index contributed by atoms with van der Waals surface area (Å²) in [4.78, 5) is 4.59. The number of nitrogens with zero attached hydrogens (tertiary/aromatic N) is 2. The zero-order valence-corrected chi connectivity index (χ0v) is 11.5. The maximum absolute atomic E-state index is 4.59. The van der Waals surface area contributed by atoms with Crippen molar-refractivity contribution in [3.8, 4) is 0 Å². The van der Waals surface area contributed by atoms with Gasteiger partial charge in [0.2, 0.25) is 0 Å². The SMILES string of the molecule is CC(CNC1CCCC1)n1cnc2c1CCCC2. The van der Waals surface area contributed by atoms with Crippen LogP contribution in [0.2, 0.25) is 0 Å². The summed E-state index contributed by atoms with van der Waals surface area (Å²) in [6.07, 6.45) is 12.7. The number of hydrogen-bond donors (Lipinski definition) is 1. The van der Waals surface area contributed by atoms with E-state index in [2.05, 4.69) is 28.1 Å². The van der Waals surface area contributed by atoms with Crippen LogP contribution < -0.4 is 5.32 Å². The molecule has 0 radical (unpaired) electrons. The van der Waals surface area contributed by atoms with Gasteiger partial charge >= 0.3 is 0 Å². The highest BCUT2D eigenvalue weighted by atomic mass is 15.1. The van der Waals surface area contributed by atoms with Crippen molar-refractivity contribution >= 4 is 0 Å². The standard InChI is InChI=1S/C15H25N3/c1-12(10-16-13-6-2-3-7-13)18-11-17-14-8-4-5-9-15(14)18/h11-13,16H,2-10H2,1H3. The highest BCUT2D eigenvalue weighted by Gasteiger charge is 2.19. The number of imidazole rings is 1. The van der Waals surface area contributed by atoms with Gasteiger partial charge in [0.25, 0.3) is 0 Å². The minimum Gasteiger partial charge on any atom is -0.330 e. The Kier molecular flexibility index (Phi) is 3.69. The van der Waals surface area contributed by atoms with E-state index in [-0.39, 0.29) is 0 Å². The quantitative estimate of drug-likeness (QED) is 0.886. The molecule has 1 aromatic heterocycles. The van der Waals surface area contributed by atoms with Crippen molar-refractivity contribution in [1.82, 2.24) is 14.9 Å². The van der Waals surface area contributed by atoms with E-state index in [1.807, 2.05) is 0 Å². The fourth-order valence-electron chi connectivity index (χ4n) is 3.44. The Morgan fingerprint density at radius 1 is 1.28 bits per heavy atom. The maximum Gasteiger partial charge on any atom is 0.0954 e. The first-order valence-electron chi connectivity index (χ1n) is 7.62. The van der Waals surface area contributed by atoms with Crippen molar-refractivity contribution in [3.63, 3.8) is 0 Å². The van der Waals surface area contributed by atoms with Crippen LogP contribution in [0, 0.1) is 0 Å². The van der Waals surface area contributed by atoms with Crippen LogP contribution in [-0.4, -0.2) is 22.1 Å². The highest BCUT2D eigenvalue weighted by Crippen LogP contribution is 2.23. The van der Waals surface area contributed by atoms with Gasteiger partial charge in [0.15, 0.2) is 0 Å². The highest BCUT2D eigenvalue weighted by molar-refractivity contribution is 5.17. The zero-order chi connectivity index (χ0) is 12.4. The second-order valence-corrected chi connectivity index (χ2v) is 5.99. The molecule has 1 saturated carbocycles. The van der Waals surface area contributed by atoms with E-state index in [0.717, 1.165) is 12.6 Å². The average Bonchev–Trinajstić information content (AvgIpc) is 3.05. The molecule has 0 bridgehead atoms. The molecule has 3 nitrogen and oxygen atoms in total. The Balaban J connectivity index is 1.61. The van der Waals surface area contributed by atoms with E-state index in [1.165, 1.54) is 62.8 Å². The second-order valence-electron chi connectivity index (χ2n) is 5.99.